The van der Waals surface area contributed by atoms with Crippen LogP contribution < -0.4 is 0 Å². The van der Waals surface area contributed by atoms with Crippen molar-refractivity contribution in [1.29, 1.82) is 0 Å². The summed E-state index contributed by atoms with van der Waals surface area (Å²) in [5.41, 5.74) is 2.27. The number of imide groups is 2. The minimum atomic E-state index is -0.221. The lowest BCUT2D eigenvalue weighted by Crippen LogP contribution is -2.41. The Bertz CT molecular complexity index is 3500. The van der Waals surface area contributed by atoms with Crippen LogP contribution in [0.2, 0.25) is 0 Å². The number of nitrogens with zero attached hydrogens (tertiary/aromatic N) is 2. The smallest absolute Gasteiger partial charge is 0.261 e. The minimum Gasteiger partial charge on any atom is -0.274 e. The second-order valence-electron chi connectivity index (χ2n) is 28.1. The molecule has 0 aromatic heterocycles. The second kappa shape index (κ2) is 45.6. The van der Waals surface area contributed by atoms with Crippen LogP contribution in [-0.4, -0.2) is 81.0 Å². The van der Waals surface area contributed by atoms with Crippen molar-refractivity contribution in [3.63, 3.8) is 0 Å². The lowest BCUT2D eigenvalue weighted by atomic mass is 9.82. The van der Waals surface area contributed by atoms with E-state index in [1.165, 1.54) is 262 Å². The quantitative estimate of drug-likeness (QED) is 0.0160. The van der Waals surface area contributed by atoms with E-state index in [1.54, 1.807) is 16.9 Å². The van der Waals surface area contributed by atoms with Crippen LogP contribution in [0.5, 0.6) is 0 Å². The summed E-state index contributed by atoms with van der Waals surface area (Å²) < 4.78 is 15.2. The van der Waals surface area contributed by atoms with Gasteiger partial charge in [0.25, 0.3) is 23.6 Å². The van der Waals surface area contributed by atoms with Crippen LogP contribution in [0.1, 0.15) is 300 Å². The van der Waals surface area contributed by atoms with Crippen LogP contribution in [0.3, 0.4) is 0 Å². The summed E-state index contributed by atoms with van der Waals surface area (Å²) in [5, 5.41) is 11.7. The van der Waals surface area contributed by atoms with E-state index in [-0.39, 0.29) is 23.6 Å². The highest BCUT2D eigenvalue weighted by molar-refractivity contribution is 8.44. The molecule has 5 aromatic carbocycles. The third-order valence-corrected chi connectivity index (χ3v) is 40.2. The third kappa shape index (κ3) is 23.1. The molecule has 0 N–H and O–H groups in total. The van der Waals surface area contributed by atoms with Crippen molar-refractivity contribution in [3.05, 3.63) is 124 Å². The number of fused-ring (bicyclic) bond motifs is 2. The van der Waals surface area contributed by atoms with Crippen LogP contribution in [0.4, 0.5) is 0 Å². The first-order valence-electron chi connectivity index (χ1n) is 39.7. The zero-order valence-corrected chi connectivity index (χ0v) is 73.6. The summed E-state index contributed by atoms with van der Waals surface area (Å²) >= 11 is 28.6. The Balaban J connectivity index is 0.548. The molecule has 6 aliphatic rings. The van der Waals surface area contributed by atoms with Crippen molar-refractivity contribution >= 4 is 231 Å². The summed E-state index contributed by atoms with van der Waals surface area (Å²) in [6, 6.07) is 15.7. The molecule has 6 aliphatic heterocycles. The third-order valence-electron chi connectivity index (χ3n) is 20.1. The first kappa shape index (κ1) is 83.9. The Morgan fingerprint density at radius 3 is 0.769 bits per heavy atom. The Kier molecular flexibility index (Phi) is 36.8. The first-order chi connectivity index (χ1) is 51.2. The van der Waals surface area contributed by atoms with Crippen molar-refractivity contribution < 1.29 is 19.2 Å². The van der Waals surface area contributed by atoms with Gasteiger partial charge in [0.05, 0.1) is 42.4 Å². The number of carbonyl (C=O) groups excluding carboxylic acids is 4. The molecule has 0 unspecified atom stereocenters. The molecule has 11 rings (SSSR count). The van der Waals surface area contributed by atoms with Crippen molar-refractivity contribution in [1.82, 2.24) is 9.80 Å². The van der Waals surface area contributed by atoms with E-state index in [1.807, 2.05) is 166 Å². The molecule has 0 fully saturated rings. The highest BCUT2D eigenvalue weighted by Crippen LogP contribution is 2.65. The summed E-state index contributed by atoms with van der Waals surface area (Å²) in [6.07, 6.45) is 44.8. The Morgan fingerprint density at radius 2 is 0.500 bits per heavy atom. The number of thioether (sulfide) groups is 14. The molecule has 0 saturated carbocycles. The van der Waals surface area contributed by atoms with Crippen molar-refractivity contribution in [2.24, 2.45) is 0 Å². The van der Waals surface area contributed by atoms with Crippen LogP contribution in [0.25, 0.3) is 43.1 Å². The van der Waals surface area contributed by atoms with Crippen molar-refractivity contribution in [2.45, 2.75) is 259 Å². The highest BCUT2D eigenvalue weighted by atomic mass is 32.3. The molecule has 5 aromatic rings. The number of hydrogen-bond donors (Lipinski definition) is 0. The minimum absolute atomic E-state index is 0.221. The molecule has 6 nitrogen and oxygen atoms in total. The molecule has 0 atom stereocenters. The summed E-state index contributed by atoms with van der Waals surface area (Å²) in [6.45, 7) is 10.0. The fourth-order valence-electron chi connectivity index (χ4n) is 14.3. The maximum atomic E-state index is 14.3. The molecule has 0 saturated heterocycles. The van der Waals surface area contributed by atoms with Crippen LogP contribution in [0, 0.1) is 0 Å². The Hall–Kier alpha value is -0.980. The zero-order chi connectivity index (χ0) is 72.2. The predicted octanol–water partition coefficient (Wildman–Crippen LogP) is 31.5. The Morgan fingerprint density at radius 1 is 0.260 bits per heavy atom. The van der Waals surface area contributed by atoms with Gasteiger partial charge in [-0.1, -0.05) is 326 Å². The number of rotatable bonds is 52. The number of unbranched alkanes of at least 4 members (excludes halogenated alkanes) is 30. The average Bonchev–Trinajstić information content (AvgIpc) is 0.986. The molecule has 0 spiro atoms. The number of hydrogen-bond acceptors (Lipinski definition) is 18. The summed E-state index contributed by atoms with van der Waals surface area (Å²) in [4.78, 5) is 60.3. The molecule has 0 radical (unpaired) electrons. The van der Waals surface area contributed by atoms with Gasteiger partial charge in [-0.2, -0.15) is 0 Å². The van der Waals surface area contributed by atoms with E-state index < -0.39 is 0 Å². The monoisotopic (exact) mass is 1660 g/mol. The van der Waals surface area contributed by atoms with E-state index in [9.17, 15) is 19.2 Å². The van der Waals surface area contributed by atoms with Gasteiger partial charge in [0.15, 0.2) is 0 Å². The van der Waals surface area contributed by atoms with Crippen molar-refractivity contribution in [3.8, 4) is 0 Å². The fraction of sp³-hybridized carbons (Fsp3) is 0.571. The molecule has 6 heterocycles. The highest BCUT2D eigenvalue weighted by Gasteiger charge is 2.38. The van der Waals surface area contributed by atoms with E-state index in [4.69, 9.17) is 0 Å². The molecule has 0 bridgehead atoms. The Labute approximate surface area is 683 Å². The molecule has 104 heavy (non-hydrogen) atoms. The lowest BCUT2D eigenvalue weighted by molar-refractivity contribution is 0.0592. The first-order valence-corrected chi connectivity index (χ1v) is 52.2. The van der Waals surface area contributed by atoms with Gasteiger partial charge >= 0.3 is 0 Å². The number of benzene rings is 5. The molecule has 0 aliphatic carbocycles. The zero-order valence-electron chi connectivity index (χ0n) is 62.1. The summed E-state index contributed by atoms with van der Waals surface area (Å²) in [5.74, 6) is 6.47. The van der Waals surface area contributed by atoms with Gasteiger partial charge in [0.2, 0.25) is 0 Å². The normalized spacial score (nSPS) is 16.3. The van der Waals surface area contributed by atoms with Gasteiger partial charge in [0, 0.05) is 46.1 Å². The van der Waals surface area contributed by atoms with E-state index in [2.05, 4.69) is 85.6 Å². The van der Waals surface area contributed by atoms with E-state index in [0.717, 1.165) is 70.8 Å². The number of carbonyl (C=O) groups is 4. The summed E-state index contributed by atoms with van der Waals surface area (Å²) in [7, 11) is 0. The molecule has 564 valence electrons. The molecule has 4 amide bonds. The van der Waals surface area contributed by atoms with Gasteiger partial charge in [0.1, 0.15) is 0 Å². The SMILES string of the molecule is CCCCCCSC1=C(SCCCCCC)SC(=C2SC=C(SCCCCCCCCCCCCN3C(=O)c4ccc5c6ccc7c8c(ccc(c9ccc(c4c59)C3=O)c86)C(=O)N(CCCCCCCCCCCCSC3=CSC(=C4SC(SCCCCCC)=C(SCCCCCC)S4)S3)C7=O)S2)S1. The molecular formula is C84H110N2O4S14. The van der Waals surface area contributed by atoms with Gasteiger partial charge in [-0.15, -0.1) is 70.6 Å². The van der Waals surface area contributed by atoms with Crippen LogP contribution in [0.15, 0.2) is 102 Å². The van der Waals surface area contributed by atoms with Crippen LogP contribution in [-0.2, 0) is 0 Å². The molecule has 20 heteroatoms. The maximum absolute atomic E-state index is 14.3. The fourth-order valence-corrected chi connectivity index (χ4v) is 34.4. The van der Waals surface area contributed by atoms with E-state index >= 15 is 0 Å². The second-order valence-corrected chi connectivity index (χ2v) is 45.3. The maximum Gasteiger partial charge on any atom is 0.261 e. The van der Waals surface area contributed by atoms with Crippen molar-refractivity contribution in [2.75, 3.05) is 47.6 Å². The number of amides is 4. The van der Waals surface area contributed by atoms with E-state index in [0.29, 0.717) is 46.1 Å². The molecular weight excluding hydrogens is 1550 g/mol. The topological polar surface area (TPSA) is 74.8 Å². The average molecular weight is 1660 g/mol. The van der Waals surface area contributed by atoms with Crippen LogP contribution >= 0.6 is 165 Å². The standard InChI is InChI=1S/C84H110N2O4S14/c1-5-9-13-35-53-93-77-78(94-54-36-14-10-6-2)102-83(101-77)81-97-57-67(99-81)91-51-39-31-27-23-19-17-21-25-29-33-49-85-73(87)63-45-41-59-61-43-47-65-72-66(48-44-62(70(61)72)60-42-46-64(74(85)88)71(63)69(59)60)76(90)86(75(65)89)50-34-30-26-22-18-20-24-28-32-40-52-92-68-58-98-82(100-68)84-103-79(95-55-37-15-11-7-3)80(104-84)96-56-38-16-12-8-4/h41-48,57-58H,5-40,49-56H2,1-4H3. The largest absolute Gasteiger partial charge is 0.274 e. The van der Waals surface area contributed by atoms with Gasteiger partial charge in [-0.3, -0.25) is 29.0 Å². The lowest BCUT2D eigenvalue weighted by Gasteiger charge is -2.30. The predicted molar refractivity (Wildman–Crippen MR) is 487 cm³/mol. The van der Waals surface area contributed by atoms with Gasteiger partial charge in [-0.05, 0) is 153 Å². The van der Waals surface area contributed by atoms with Gasteiger partial charge in [-0.25, -0.2) is 0 Å². The van der Waals surface area contributed by atoms with Gasteiger partial charge < -0.3 is 0 Å².